The topological polar surface area (TPSA) is 49.4 Å². The second-order valence-electron chi connectivity index (χ2n) is 5.48. The molecule has 0 bridgehead atoms. The molecule has 0 atom stereocenters. The van der Waals surface area contributed by atoms with Gasteiger partial charge in [0.05, 0.1) is 4.90 Å². The van der Waals surface area contributed by atoms with E-state index in [2.05, 4.69) is 11.9 Å². The van der Waals surface area contributed by atoms with Crippen LogP contribution in [0.1, 0.15) is 25.3 Å². The molecule has 0 unspecified atom stereocenters. The first kappa shape index (κ1) is 15.2. The smallest absolute Gasteiger partial charge is 0.243 e. The van der Waals surface area contributed by atoms with E-state index < -0.39 is 10.0 Å². The number of nitrogens with one attached hydrogen (secondary N) is 1. The lowest BCUT2D eigenvalue weighted by Gasteiger charge is -2.19. The molecule has 0 amide bonds. The highest BCUT2D eigenvalue weighted by molar-refractivity contribution is 7.89. The lowest BCUT2D eigenvalue weighted by Crippen LogP contribution is -2.30. The van der Waals surface area contributed by atoms with E-state index in [1.807, 2.05) is 19.1 Å². The summed E-state index contributed by atoms with van der Waals surface area (Å²) in [6.45, 7) is 6.54. The molecule has 0 aromatic heterocycles. The van der Waals surface area contributed by atoms with Crippen molar-refractivity contribution in [3.8, 4) is 0 Å². The molecule has 0 aliphatic heterocycles. The minimum absolute atomic E-state index is 0.340. The third-order valence-corrected chi connectivity index (χ3v) is 5.22. The number of sulfonamides is 1. The van der Waals surface area contributed by atoms with Crippen LogP contribution in [0.25, 0.3) is 0 Å². The fourth-order valence-corrected chi connectivity index (χ4v) is 3.52. The van der Waals surface area contributed by atoms with Crippen LogP contribution >= 0.6 is 0 Å². The predicted octanol–water partition coefficient (Wildman–Crippen LogP) is 2.14. The highest BCUT2D eigenvalue weighted by Gasteiger charge is 2.25. The lowest BCUT2D eigenvalue weighted by molar-refractivity contribution is 0.491. The normalized spacial score (nSPS) is 15.6. The van der Waals surface area contributed by atoms with Gasteiger partial charge < -0.3 is 5.32 Å². The van der Waals surface area contributed by atoms with E-state index in [0.717, 1.165) is 11.1 Å². The van der Waals surface area contributed by atoms with E-state index in [1.165, 1.54) is 17.1 Å². The third-order valence-electron chi connectivity index (χ3n) is 3.31. The maximum atomic E-state index is 12.6. The molecule has 1 aromatic rings. The van der Waals surface area contributed by atoms with Gasteiger partial charge in [0.1, 0.15) is 0 Å². The summed E-state index contributed by atoms with van der Waals surface area (Å²) in [5.74, 6) is 0. The average Bonchev–Trinajstić information content (AvgIpc) is 3.20. The first-order valence-corrected chi connectivity index (χ1v) is 8.27. The van der Waals surface area contributed by atoms with Crippen molar-refractivity contribution in [2.24, 2.45) is 0 Å². The van der Waals surface area contributed by atoms with Crippen molar-refractivity contribution >= 4 is 10.0 Å². The summed E-state index contributed by atoms with van der Waals surface area (Å²) >= 11 is 0. The summed E-state index contributed by atoms with van der Waals surface area (Å²) < 4.78 is 26.6. The molecule has 1 N–H and O–H groups in total. The number of hydrogen-bond acceptors (Lipinski definition) is 3. The molecule has 5 heteroatoms. The Labute approximate surface area is 121 Å². The Morgan fingerprint density at radius 3 is 2.65 bits per heavy atom. The number of nitrogens with zero attached hydrogens (tertiary/aromatic N) is 1. The standard InChI is InChI=1S/C15H22N2O2S/c1-12(2)11-17(3)20(18,19)15-7-5-4-6-13(15)10-16-14-8-9-14/h4-7,14,16H,1,8-11H2,2-3H3. The molecule has 0 spiro atoms. The van der Waals surface area contributed by atoms with Crippen LogP contribution in [0.5, 0.6) is 0 Å². The molecule has 0 heterocycles. The van der Waals surface area contributed by atoms with Crippen molar-refractivity contribution in [3.05, 3.63) is 42.0 Å². The third kappa shape index (κ3) is 3.69. The van der Waals surface area contributed by atoms with E-state index in [9.17, 15) is 8.42 Å². The minimum atomic E-state index is -3.46. The number of hydrogen-bond donors (Lipinski definition) is 1. The fourth-order valence-electron chi connectivity index (χ4n) is 2.08. The Kier molecular flexibility index (Phi) is 4.62. The van der Waals surface area contributed by atoms with Crippen LogP contribution in [-0.4, -0.2) is 32.4 Å². The first-order valence-electron chi connectivity index (χ1n) is 6.83. The second kappa shape index (κ2) is 6.08. The molecular formula is C15H22N2O2S. The quantitative estimate of drug-likeness (QED) is 0.784. The van der Waals surface area contributed by atoms with Gasteiger partial charge in [-0.05, 0) is 31.4 Å². The Bertz CT molecular complexity index is 592. The number of benzene rings is 1. The van der Waals surface area contributed by atoms with Gasteiger partial charge in [-0.25, -0.2) is 8.42 Å². The zero-order chi connectivity index (χ0) is 14.8. The average molecular weight is 294 g/mol. The summed E-state index contributed by atoms with van der Waals surface area (Å²) in [4.78, 5) is 0.386. The second-order valence-corrected chi connectivity index (χ2v) is 7.49. The van der Waals surface area contributed by atoms with Crippen molar-refractivity contribution in [1.82, 2.24) is 9.62 Å². The Morgan fingerprint density at radius 2 is 2.05 bits per heavy atom. The molecule has 20 heavy (non-hydrogen) atoms. The van der Waals surface area contributed by atoms with Crippen LogP contribution in [0.3, 0.4) is 0 Å². The van der Waals surface area contributed by atoms with E-state index in [1.54, 1.807) is 19.2 Å². The Morgan fingerprint density at radius 1 is 1.40 bits per heavy atom. The van der Waals surface area contributed by atoms with Crippen molar-refractivity contribution in [3.63, 3.8) is 0 Å². The van der Waals surface area contributed by atoms with Crippen LogP contribution in [0.15, 0.2) is 41.3 Å². The Hall–Kier alpha value is -1.17. The van der Waals surface area contributed by atoms with E-state index in [0.29, 0.717) is 24.0 Å². The molecule has 4 nitrogen and oxygen atoms in total. The Balaban J connectivity index is 2.22. The van der Waals surface area contributed by atoms with Gasteiger partial charge in [0.2, 0.25) is 10.0 Å². The van der Waals surface area contributed by atoms with Gasteiger partial charge >= 0.3 is 0 Å². The molecule has 110 valence electrons. The van der Waals surface area contributed by atoms with Gasteiger partial charge in [0.25, 0.3) is 0 Å². The zero-order valence-electron chi connectivity index (χ0n) is 12.1. The van der Waals surface area contributed by atoms with Gasteiger partial charge in [0.15, 0.2) is 0 Å². The highest BCUT2D eigenvalue weighted by atomic mass is 32.2. The molecular weight excluding hydrogens is 272 g/mol. The van der Waals surface area contributed by atoms with Crippen molar-refractivity contribution < 1.29 is 8.42 Å². The molecule has 1 saturated carbocycles. The van der Waals surface area contributed by atoms with Crippen LogP contribution in [0.4, 0.5) is 0 Å². The van der Waals surface area contributed by atoms with E-state index in [4.69, 9.17) is 0 Å². The van der Waals surface area contributed by atoms with Crippen molar-refractivity contribution in [2.45, 2.75) is 37.2 Å². The van der Waals surface area contributed by atoms with Crippen molar-refractivity contribution in [2.75, 3.05) is 13.6 Å². The van der Waals surface area contributed by atoms with Crippen LogP contribution in [-0.2, 0) is 16.6 Å². The fraction of sp³-hybridized carbons (Fsp3) is 0.467. The summed E-state index contributed by atoms with van der Waals surface area (Å²) in [5, 5.41) is 3.36. The summed E-state index contributed by atoms with van der Waals surface area (Å²) in [7, 11) is -1.87. The molecule has 2 rings (SSSR count). The van der Waals surface area contributed by atoms with Gasteiger partial charge in [-0.15, -0.1) is 0 Å². The number of likely N-dealkylation sites (N-methyl/N-ethyl adjacent to an activating group) is 1. The molecule has 0 radical (unpaired) electrons. The summed E-state index contributed by atoms with van der Waals surface area (Å²) in [6.07, 6.45) is 2.37. The largest absolute Gasteiger partial charge is 0.310 e. The molecule has 1 aliphatic rings. The van der Waals surface area contributed by atoms with Crippen LogP contribution in [0.2, 0.25) is 0 Å². The van der Waals surface area contributed by atoms with Gasteiger partial charge in [-0.2, -0.15) is 4.31 Å². The van der Waals surface area contributed by atoms with E-state index >= 15 is 0 Å². The van der Waals surface area contributed by atoms with Gasteiger partial charge in [-0.3, -0.25) is 0 Å². The van der Waals surface area contributed by atoms with Crippen molar-refractivity contribution in [1.29, 1.82) is 0 Å². The maximum Gasteiger partial charge on any atom is 0.243 e. The molecule has 1 aliphatic carbocycles. The predicted molar refractivity (Wildman–Crippen MR) is 80.9 cm³/mol. The van der Waals surface area contributed by atoms with E-state index in [-0.39, 0.29) is 0 Å². The SMILES string of the molecule is C=C(C)CN(C)S(=O)(=O)c1ccccc1CNC1CC1. The highest BCUT2D eigenvalue weighted by Crippen LogP contribution is 2.23. The molecule has 1 aromatic carbocycles. The monoisotopic (exact) mass is 294 g/mol. The lowest BCUT2D eigenvalue weighted by atomic mass is 10.2. The maximum absolute atomic E-state index is 12.6. The first-order chi connectivity index (χ1) is 9.41. The summed E-state index contributed by atoms with van der Waals surface area (Å²) in [5.41, 5.74) is 1.65. The zero-order valence-corrected chi connectivity index (χ0v) is 12.9. The van der Waals surface area contributed by atoms with Crippen LogP contribution < -0.4 is 5.32 Å². The minimum Gasteiger partial charge on any atom is -0.310 e. The number of rotatable bonds is 7. The summed E-state index contributed by atoms with van der Waals surface area (Å²) in [6, 6.07) is 7.74. The van der Waals surface area contributed by atoms with Gasteiger partial charge in [0, 0.05) is 26.2 Å². The molecule has 1 fully saturated rings. The molecule has 0 saturated heterocycles. The van der Waals surface area contributed by atoms with Crippen LogP contribution in [0, 0.1) is 0 Å². The van der Waals surface area contributed by atoms with Gasteiger partial charge in [-0.1, -0.05) is 30.4 Å².